The van der Waals surface area contributed by atoms with Crippen LogP contribution in [0, 0.1) is 11.3 Å². The van der Waals surface area contributed by atoms with Gasteiger partial charge in [-0.1, -0.05) is 26.0 Å². The number of likely N-dealkylation sites (N-methyl/N-ethyl adjacent to an activating group) is 1. The molecule has 320 valence electrons. The third-order valence-corrected chi connectivity index (χ3v) is 16.1. The zero-order chi connectivity index (χ0) is 42.4. The number of aromatic amines is 1. The number of piperidine rings is 1. The summed E-state index contributed by atoms with van der Waals surface area (Å²) in [5, 5.41) is 12.9. The second kappa shape index (κ2) is 12.9. The fraction of sp³-hybridized carbons (Fsp3) is 0.587. The molecule has 60 heavy (non-hydrogen) atoms. The molecular formula is C46H57N5O9. The molecule has 7 heterocycles. The number of carbonyl (C=O) groups excluding carboxylic acids is 3. The van der Waals surface area contributed by atoms with Gasteiger partial charge in [0.2, 0.25) is 0 Å². The Morgan fingerprint density at radius 3 is 2.50 bits per heavy atom. The largest absolute Gasteiger partial charge is 0.496 e. The van der Waals surface area contributed by atoms with E-state index in [-0.39, 0.29) is 12.0 Å². The number of H-pyrrole nitrogens is 1. The smallest absolute Gasteiger partial charge is 0.347 e. The van der Waals surface area contributed by atoms with Crippen LogP contribution in [0.1, 0.15) is 75.3 Å². The molecule has 10 rings (SSSR count). The Bertz CT molecular complexity index is 2380. The van der Waals surface area contributed by atoms with E-state index in [0.717, 1.165) is 33.4 Å². The van der Waals surface area contributed by atoms with E-state index in [4.69, 9.17) is 29.4 Å². The van der Waals surface area contributed by atoms with Crippen LogP contribution in [0.15, 0.2) is 42.5 Å². The molecule has 14 nitrogen and oxygen atoms in total. The van der Waals surface area contributed by atoms with Gasteiger partial charge in [-0.2, -0.15) is 0 Å². The molecule has 1 aliphatic carbocycles. The summed E-state index contributed by atoms with van der Waals surface area (Å²) in [7, 11) is 6.33. The maximum absolute atomic E-state index is 15.4. The van der Waals surface area contributed by atoms with E-state index in [1.165, 1.54) is 21.1 Å². The van der Waals surface area contributed by atoms with Gasteiger partial charge in [0.1, 0.15) is 11.2 Å². The summed E-state index contributed by atoms with van der Waals surface area (Å²) in [6, 6.07) is 9.66. The summed E-state index contributed by atoms with van der Waals surface area (Å²) < 4.78 is 31.4. The number of methoxy groups -OCH3 is 3. The van der Waals surface area contributed by atoms with Crippen LogP contribution >= 0.6 is 0 Å². The Morgan fingerprint density at radius 1 is 1.02 bits per heavy atom. The minimum Gasteiger partial charge on any atom is -0.496 e. The predicted octanol–water partition coefficient (Wildman–Crippen LogP) is 3.94. The van der Waals surface area contributed by atoms with E-state index >= 15 is 4.79 Å². The molecule has 1 aromatic heterocycles. The summed E-state index contributed by atoms with van der Waals surface area (Å²) in [5.41, 5.74) is 4.93. The number of nitrogens with zero attached hydrogens (tertiary/aromatic N) is 3. The van der Waals surface area contributed by atoms with Crippen molar-refractivity contribution >= 4 is 40.2 Å². The van der Waals surface area contributed by atoms with Gasteiger partial charge in [-0.3, -0.25) is 19.4 Å². The van der Waals surface area contributed by atoms with Gasteiger partial charge in [0, 0.05) is 91.2 Å². The van der Waals surface area contributed by atoms with Gasteiger partial charge in [-0.05, 0) is 86.4 Å². The fourth-order valence-corrected chi connectivity index (χ4v) is 14.0. The molecule has 0 amide bonds. The monoisotopic (exact) mass is 823 g/mol. The Hall–Kier alpha value is -4.63. The van der Waals surface area contributed by atoms with Crippen molar-refractivity contribution in [1.29, 1.82) is 0 Å². The number of nitrogen functional groups attached to an aromatic ring is 1. The van der Waals surface area contributed by atoms with Gasteiger partial charge in [0.05, 0.1) is 32.3 Å². The molecule has 7 aliphatic rings. The van der Waals surface area contributed by atoms with Crippen molar-refractivity contribution in [3.8, 4) is 5.75 Å². The molecule has 10 atom stereocenters. The zero-order valence-electron chi connectivity index (χ0n) is 35.7. The highest BCUT2D eigenvalue weighted by Gasteiger charge is 2.98. The first kappa shape index (κ1) is 39.5. The normalized spacial score (nSPS) is 38.3. The minimum atomic E-state index is -1.67. The fourth-order valence-electron chi connectivity index (χ4n) is 14.0. The van der Waals surface area contributed by atoms with Crippen molar-refractivity contribution in [3.63, 3.8) is 0 Å². The van der Waals surface area contributed by atoms with Crippen molar-refractivity contribution in [3.05, 3.63) is 64.9 Å². The number of hydrogen-bond acceptors (Lipinski definition) is 13. The average molecular weight is 824 g/mol. The molecule has 2 spiro atoms. The van der Waals surface area contributed by atoms with Crippen LogP contribution < -0.4 is 15.4 Å². The van der Waals surface area contributed by atoms with Crippen LogP contribution in [0.4, 0.5) is 11.4 Å². The van der Waals surface area contributed by atoms with Gasteiger partial charge in [0.15, 0.2) is 11.8 Å². The van der Waals surface area contributed by atoms with Gasteiger partial charge in [-0.15, -0.1) is 0 Å². The Balaban J connectivity index is 1.29. The molecule has 2 bridgehead atoms. The van der Waals surface area contributed by atoms with Crippen molar-refractivity contribution in [2.75, 3.05) is 71.7 Å². The average Bonchev–Trinajstić information content (AvgIpc) is 3.49. The first-order valence-electron chi connectivity index (χ1n) is 21.5. The number of fused-ring (bicyclic) bond motifs is 6. The number of esters is 3. The number of epoxide rings is 1. The van der Waals surface area contributed by atoms with Crippen molar-refractivity contribution < 1.29 is 43.2 Å². The van der Waals surface area contributed by atoms with Crippen molar-refractivity contribution in [2.24, 2.45) is 11.3 Å². The number of aromatic nitrogens is 1. The molecule has 2 aromatic carbocycles. The maximum Gasteiger partial charge on any atom is 0.347 e. The molecule has 4 fully saturated rings. The first-order valence-corrected chi connectivity index (χ1v) is 21.5. The Labute approximate surface area is 350 Å². The van der Waals surface area contributed by atoms with Gasteiger partial charge in [0.25, 0.3) is 5.60 Å². The second-order valence-corrected chi connectivity index (χ2v) is 18.6. The van der Waals surface area contributed by atoms with Crippen LogP contribution in [0.2, 0.25) is 0 Å². The molecular weight excluding hydrogens is 767 g/mol. The van der Waals surface area contributed by atoms with E-state index in [0.29, 0.717) is 88.2 Å². The van der Waals surface area contributed by atoms with Gasteiger partial charge < -0.3 is 44.4 Å². The summed E-state index contributed by atoms with van der Waals surface area (Å²) in [5.74, 6) is -1.18. The number of hydrogen-bond donors (Lipinski definition) is 3. The predicted molar refractivity (Wildman–Crippen MR) is 223 cm³/mol. The van der Waals surface area contributed by atoms with Crippen molar-refractivity contribution in [2.45, 2.75) is 99.2 Å². The number of nitrogens with one attached hydrogen (secondary N) is 1. The van der Waals surface area contributed by atoms with Crippen molar-refractivity contribution in [1.82, 2.24) is 14.8 Å². The number of aliphatic hydroxyl groups is 1. The molecule has 14 heteroatoms. The van der Waals surface area contributed by atoms with E-state index in [1.54, 1.807) is 7.11 Å². The minimum absolute atomic E-state index is 0.105. The van der Waals surface area contributed by atoms with Crippen LogP contribution in [0.3, 0.4) is 0 Å². The van der Waals surface area contributed by atoms with Crippen LogP contribution in [0.25, 0.3) is 10.9 Å². The van der Waals surface area contributed by atoms with E-state index in [1.807, 2.05) is 43.1 Å². The number of rotatable bonds is 7. The van der Waals surface area contributed by atoms with E-state index in [9.17, 15) is 14.7 Å². The maximum atomic E-state index is 15.4. The third kappa shape index (κ3) is 4.55. The summed E-state index contributed by atoms with van der Waals surface area (Å²) in [6.45, 7) is 8.78. The van der Waals surface area contributed by atoms with Crippen LogP contribution in [0.5, 0.6) is 5.75 Å². The standard InChI is InChI=1S/C46H57N5O9/c1-8-41(55)22-27-23-43(39(53)57-6,36-29(13-17-50(24-27)25-41)30-19-28(47)11-12-33(30)48-36)32-20-31-34(21-35(32)56-5)49(4)46-44(31)15-18-51-16-10-14-42(9-2,37(44)51)38(59-26(3)52)45(46,60-46)40(54)58-7/h10-12,14,19-21,27,37-38,48,55H,8-9,13,15-18,22-25,47H2,1-7H3/t27-,37+,38-,41+,42-,43+,44-,45+,46+/m1/s1. The number of benzene rings is 2. The molecule has 0 radical (unpaired) electrons. The summed E-state index contributed by atoms with van der Waals surface area (Å²) >= 11 is 0. The van der Waals surface area contributed by atoms with Crippen LogP contribution in [-0.4, -0.2) is 128 Å². The molecule has 1 unspecified atom stereocenters. The highest BCUT2D eigenvalue weighted by molar-refractivity contribution is 5.96. The molecule has 4 N–H and O–H groups in total. The van der Waals surface area contributed by atoms with E-state index < -0.39 is 57.2 Å². The summed E-state index contributed by atoms with van der Waals surface area (Å²) in [6.07, 6.45) is 6.47. The quantitative estimate of drug-likeness (QED) is 0.103. The van der Waals surface area contributed by atoms with E-state index in [2.05, 4.69) is 39.9 Å². The highest BCUT2D eigenvalue weighted by atomic mass is 16.7. The number of anilines is 2. The number of nitrogens with two attached hydrogens (primary N) is 1. The lowest BCUT2D eigenvalue weighted by Gasteiger charge is -2.58. The van der Waals surface area contributed by atoms with Crippen LogP contribution in [-0.2, 0) is 50.6 Å². The first-order chi connectivity index (χ1) is 28.7. The lowest BCUT2D eigenvalue weighted by molar-refractivity contribution is -0.178. The molecule has 3 aromatic rings. The SMILES string of the molecule is CC[C@]1(O)C[C@H]2CN(CCc3c([nH]c4ccc(N)cc34)[C@@](C(=O)OC)(c3cc4c(cc3OC)N(C)[C@@]35O[C@]3(C(=O)OC)[C@H](OC(C)=O)[C@]3(CC)C=CCN6CC[C@]45[C@@H]63)C2)C1. The third-order valence-electron chi connectivity index (χ3n) is 16.1. The molecule has 6 aliphatic heterocycles. The second-order valence-electron chi connectivity index (χ2n) is 18.6. The lowest BCUT2D eigenvalue weighted by atomic mass is 9.49. The number of ether oxygens (including phenoxy) is 5. The zero-order valence-corrected chi connectivity index (χ0v) is 35.7. The topological polar surface area (TPSA) is 172 Å². The Kier molecular flexibility index (Phi) is 8.52. The van der Waals surface area contributed by atoms with Gasteiger partial charge >= 0.3 is 17.9 Å². The highest BCUT2D eigenvalue weighted by Crippen LogP contribution is 2.80. The number of carbonyl (C=O) groups is 3. The Morgan fingerprint density at radius 2 is 1.80 bits per heavy atom. The molecule has 3 saturated heterocycles. The molecule has 1 saturated carbocycles. The lowest BCUT2D eigenvalue weighted by Crippen LogP contribution is -2.75. The van der Waals surface area contributed by atoms with Gasteiger partial charge in [-0.25, -0.2) is 4.79 Å². The summed E-state index contributed by atoms with van der Waals surface area (Å²) in [4.78, 5) is 53.6.